The number of rotatable bonds is 5. The maximum absolute atomic E-state index is 12.3. The molecule has 3 aromatic rings. The molecule has 0 spiro atoms. The van der Waals surface area contributed by atoms with Crippen molar-refractivity contribution in [2.24, 2.45) is 5.92 Å². The molecule has 0 aliphatic rings. The average molecular weight is 326 g/mol. The first-order valence-electron chi connectivity index (χ1n) is 8.07. The van der Waals surface area contributed by atoms with Crippen molar-refractivity contribution in [1.29, 1.82) is 0 Å². The maximum atomic E-state index is 12.3. The third kappa shape index (κ3) is 3.32. The summed E-state index contributed by atoms with van der Waals surface area (Å²) in [6, 6.07) is 4.05. The number of nitrogens with zero attached hydrogens (tertiary/aromatic N) is 3. The molecule has 126 valence electrons. The lowest BCUT2D eigenvalue weighted by molar-refractivity contribution is -0.124. The van der Waals surface area contributed by atoms with E-state index in [9.17, 15) is 4.79 Å². The summed E-state index contributed by atoms with van der Waals surface area (Å²) in [5, 5.41) is 6.89. The van der Waals surface area contributed by atoms with Crippen LogP contribution in [0.25, 0.3) is 5.65 Å². The minimum atomic E-state index is -0.152. The van der Waals surface area contributed by atoms with Crippen LogP contribution in [0.15, 0.2) is 29.0 Å². The number of aromatic nitrogens is 3. The Morgan fingerprint density at radius 2 is 2.17 bits per heavy atom. The van der Waals surface area contributed by atoms with Gasteiger partial charge in [-0.2, -0.15) is 0 Å². The van der Waals surface area contributed by atoms with Crippen molar-refractivity contribution in [2.45, 2.75) is 40.7 Å². The van der Waals surface area contributed by atoms with E-state index in [4.69, 9.17) is 4.52 Å². The van der Waals surface area contributed by atoms with Crippen molar-refractivity contribution < 1.29 is 9.32 Å². The second-order valence-electron chi connectivity index (χ2n) is 6.33. The highest BCUT2D eigenvalue weighted by Gasteiger charge is 2.18. The van der Waals surface area contributed by atoms with E-state index in [0.717, 1.165) is 33.9 Å². The summed E-state index contributed by atoms with van der Waals surface area (Å²) in [6.07, 6.45) is 4.54. The summed E-state index contributed by atoms with van der Waals surface area (Å²) >= 11 is 0. The van der Waals surface area contributed by atoms with E-state index in [1.54, 1.807) is 0 Å². The van der Waals surface area contributed by atoms with Crippen molar-refractivity contribution in [1.82, 2.24) is 19.9 Å². The molecule has 0 fully saturated rings. The molecule has 6 heteroatoms. The van der Waals surface area contributed by atoms with Crippen molar-refractivity contribution in [3.8, 4) is 0 Å². The molecule has 3 heterocycles. The second kappa shape index (κ2) is 6.47. The van der Waals surface area contributed by atoms with Crippen molar-refractivity contribution in [2.75, 3.05) is 0 Å². The average Bonchev–Trinajstić information content (AvgIpc) is 3.09. The molecule has 0 saturated heterocycles. The first kappa shape index (κ1) is 16.2. The molecule has 6 nitrogen and oxygen atoms in total. The Labute approximate surface area is 140 Å². The molecular weight excluding hydrogens is 304 g/mol. The first-order chi connectivity index (χ1) is 11.4. The van der Waals surface area contributed by atoms with Crippen LogP contribution in [0.3, 0.4) is 0 Å². The molecule has 0 radical (unpaired) electrons. The maximum Gasteiger partial charge on any atom is 0.223 e. The Hall–Kier alpha value is -2.63. The van der Waals surface area contributed by atoms with Crippen LogP contribution >= 0.6 is 0 Å². The lowest BCUT2D eigenvalue weighted by atomic mass is 9.99. The topological polar surface area (TPSA) is 72.4 Å². The van der Waals surface area contributed by atoms with Crippen LogP contribution < -0.4 is 5.32 Å². The van der Waals surface area contributed by atoms with Crippen molar-refractivity contribution in [3.63, 3.8) is 0 Å². The van der Waals surface area contributed by atoms with E-state index < -0.39 is 0 Å². The normalized spacial score (nSPS) is 12.5. The van der Waals surface area contributed by atoms with Crippen LogP contribution in [0.4, 0.5) is 0 Å². The highest BCUT2D eigenvalue weighted by Crippen LogP contribution is 2.17. The minimum Gasteiger partial charge on any atom is -0.361 e. The van der Waals surface area contributed by atoms with E-state index in [2.05, 4.69) is 15.5 Å². The third-order valence-corrected chi connectivity index (χ3v) is 4.25. The largest absolute Gasteiger partial charge is 0.361 e. The van der Waals surface area contributed by atoms with Gasteiger partial charge in [0, 0.05) is 23.9 Å². The van der Waals surface area contributed by atoms with Gasteiger partial charge in [-0.25, -0.2) is 4.98 Å². The van der Waals surface area contributed by atoms with Gasteiger partial charge < -0.3 is 14.2 Å². The molecule has 1 atom stereocenters. The van der Waals surface area contributed by atoms with E-state index in [-0.39, 0.29) is 11.8 Å². The van der Waals surface area contributed by atoms with Gasteiger partial charge in [-0.1, -0.05) is 12.1 Å². The predicted octanol–water partition coefficient (Wildman–Crippen LogP) is 2.74. The number of amides is 1. The zero-order valence-corrected chi connectivity index (χ0v) is 14.5. The molecule has 0 aliphatic carbocycles. The molecule has 0 aromatic carbocycles. The van der Waals surface area contributed by atoms with Gasteiger partial charge in [-0.15, -0.1) is 0 Å². The monoisotopic (exact) mass is 326 g/mol. The lowest BCUT2D eigenvalue weighted by Crippen LogP contribution is -2.30. The summed E-state index contributed by atoms with van der Waals surface area (Å²) in [6.45, 7) is 8.14. The Bertz CT molecular complexity index is 859. The molecule has 3 rings (SSSR count). The van der Waals surface area contributed by atoms with E-state index in [1.807, 2.05) is 56.6 Å². The first-order valence-corrected chi connectivity index (χ1v) is 8.07. The molecule has 24 heavy (non-hydrogen) atoms. The summed E-state index contributed by atoms with van der Waals surface area (Å²) in [4.78, 5) is 16.9. The number of hydrogen-bond acceptors (Lipinski definition) is 4. The molecule has 0 unspecified atom stereocenters. The van der Waals surface area contributed by atoms with Gasteiger partial charge >= 0.3 is 0 Å². The van der Waals surface area contributed by atoms with Crippen LogP contribution in [0.1, 0.15) is 35.2 Å². The Morgan fingerprint density at radius 1 is 1.38 bits per heavy atom. The Balaban J connectivity index is 1.61. The number of nitrogens with one attached hydrogen (secondary N) is 1. The van der Waals surface area contributed by atoms with Gasteiger partial charge in [0.2, 0.25) is 5.91 Å². The lowest BCUT2D eigenvalue weighted by Gasteiger charge is -2.11. The number of pyridine rings is 1. The smallest absolute Gasteiger partial charge is 0.223 e. The molecule has 0 bridgehead atoms. The summed E-state index contributed by atoms with van der Waals surface area (Å²) < 4.78 is 7.11. The SMILES string of the molecule is Cc1ccn2cc(CNC(=O)[C@H](C)Cc3c(C)noc3C)nc2c1. The fourth-order valence-electron chi connectivity index (χ4n) is 2.77. The highest BCUT2D eigenvalue weighted by atomic mass is 16.5. The zero-order valence-electron chi connectivity index (χ0n) is 14.5. The van der Waals surface area contributed by atoms with Crippen LogP contribution in [0, 0.1) is 26.7 Å². The van der Waals surface area contributed by atoms with Gasteiger partial charge in [0.25, 0.3) is 0 Å². The summed E-state index contributed by atoms with van der Waals surface area (Å²) in [7, 11) is 0. The predicted molar refractivity (Wildman–Crippen MR) is 90.6 cm³/mol. The van der Waals surface area contributed by atoms with Gasteiger partial charge in [-0.3, -0.25) is 4.79 Å². The van der Waals surface area contributed by atoms with Gasteiger partial charge in [0.1, 0.15) is 11.4 Å². The standard InChI is InChI=1S/C18H22N4O2/c1-11-5-6-22-10-15(20-17(22)7-11)9-19-18(23)12(2)8-16-13(3)21-24-14(16)4/h5-7,10,12H,8-9H2,1-4H3,(H,19,23)/t12-/m1/s1. The number of carbonyl (C=O) groups is 1. The highest BCUT2D eigenvalue weighted by molar-refractivity contribution is 5.78. The zero-order chi connectivity index (χ0) is 17.3. The van der Waals surface area contributed by atoms with Gasteiger partial charge in [0.15, 0.2) is 0 Å². The quantitative estimate of drug-likeness (QED) is 0.782. The fourth-order valence-corrected chi connectivity index (χ4v) is 2.77. The van der Waals surface area contributed by atoms with Crippen LogP contribution in [-0.4, -0.2) is 20.4 Å². The fraction of sp³-hybridized carbons (Fsp3) is 0.389. The molecule has 1 amide bonds. The van der Waals surface area contributed by atoms with Crippen molar-refractivity contribution in [3.05, 3.63) is 52.8 Å². The Kier molecular flexibility index (Phi) is 4.38. The molecular formula is C18H22N4O2. The van der Waals surface area contributed by atoms with Crippen LogP contribution in [-0.2, 0) is 17.8 Å². The number of aryl methyl sites for hydroxylation is 3. The van der Waals surface area contributed by atoms with Crippen LogP contribution in [0.5, 0.6) is 0 Å². The third-order valence-electron chi connectivity index (χ3n) is 4.25. The number of carbonyl (C=O) groups excluding carboxylic acids is 1. The van der Waals surface area contributed by atoms with Gasteiger partial charge in [0.05, 0.1) is 17.9 Å². The van der Waals surface area contributed by atoms with E-state index in [1.165, 1.54) is 0 Å². The minimum absolute atomic E-state index is 0.00300. The molecule has 0 saturated carbocycles. The number of fused-ring (bicyclic) bond motifs is 1. The molecule has 0 aliphatic heterocycles. The van der Waals surface area contributed by atoms with Gasteiger partial charge in [-0.05, 0) is 44.9 Å². The molecule has 1 N–H and O–H groups in total. The summed E-state index contributed by atoms with van der Waals surface area (Å²) in [5.41, 5.74) is 4.77. The van der Waals surface area contributed by atoms with Crippen molar-refractivity contribution >= 4 is 11.6 Å². The van der Waals surface area contributed by atoms with E-state index in [0.29, 0.717) is 13.0 Å². The number of imidazole rings is 1. The molecule has 3 aromatic heterocycles. The summed E-state index contributed by atoms with van der Waals surface area (Å²) in [5.74, 6) is 0.632. The second-order valence-corrected chi connectivity index (χ2v) is 6.33. The van der Waals surface area contributed by atoms with Crippen LogP contribution in [0.2, 0.25) is 0 Å². The number of hydrogen-bond donors (Lipinski definition) is 1. The van der Waals surface area contributed by atoms with E-state index >= 15 is 0 Å². The Morgan fingerprint density at radius 3 is 2.88 bits per heavy atom.